The van der Waals surface area contributed by atoms with E-state index >= 15 is 0 Å². The van der Waals surface area contributed by atoms with E-state index in [4.69, 9.17) is 9.47 Å². The molecule has 0 heterocycles. The number of benzene rings is 1. The minimum absolute atomic E-state index is 0.208. The van der Waals surface area contributed by atoms with Gasteiger partial charge in [0.25, 0.3) is 0 Å². The Balaban J connectivity index is 2.56. The van der Waals surface area contributed by atoms with E-state index in [1.54, 1.807) is 0 Å². The van der Waals surface area contributed by atoms with Gasteiger partial charge < -0.3 is 14.8 Å². The number of rotatable bonds is 9. The Bertz CT molecular complexity index is 362. The van der Waals surface area contributed by atoms with Crippen LogP contribution in [0.15, 0.2) is 24.3 Å². The molecule has 2 atom stereocenters. The first-order chi connectivity index (χ1) is 9.56. The van der Waals surface area contributed by atoms with Crippen molar-refractivity contribution >= 4 is 0 Å². The molecule has 0 aliphatic carbocycles. The Morgan fingerprint density at radius 1 is 1.10 bits per heavy atom. The summed E-state index contributed by atoms with van der Waals surface area (Å²) in [5.74, 6) is 0.916. The smallest absolute Gasteiger partial charge is 0.119 e. The third-order valence-electron chi connectivity index (χ3n) is 3.25. The summed E-state index contributed by atoms with van der Waals surface area (Å²) < 4.78 is 11.6. The molecule has 0 saturated heterocycles. The van der Waals surface area contributed by atoms with Gasteiger partial charge in [0, 0.05) is 0 Å². The molecule has 114 valence electrons. The predicted octanol–water partition coefficient (Wildman–Crippen LogP) is 3.94. The molecule has 20 heavy (non-hydrogen) atoms. The van der Waals surface area contributed by atoms with Crippen LogP contribution in [0.1, 0.15) is 52.1 Å². The van der Waals surface area contributed by atoms with Gasteiger partial charge in [-0.05, 0) is 51.9 Å². The first kappa shape index (κ1) is 17.0. The SMILES string of the molecule is CCCC(C)OCC(NC)c1ccc(OC(C)C)cc1. The van der Waals surface area contributed by atoms with Gasteiger partial charge in [0.15, 0.2) is 0 Å². The van der Waals surface area contributed by atoms with E-state index in [1.807, 2.05) is 33.0 Å². The second-order valence-corrected chi connectivity index (χ2v) is 5.51. The molecule has 0 saturated carbocycles. The Morgan fingerprint density at radius 2 is 1.75 bits per heavy atom. The quantitative estimate of drug-likeness (QED) is 0.742. The second-order valence-electron chi connectivity index (χ2n) is 5.51. The van der Waals surface area contributed by atoms with E-state index in [-0.39, 0.29) is 12.1 Å². The van der Waals surface area contributed by atoms with Crippen LogP contribution >= 0.6 is 0 Å². The van der Waals surface area contributed by atoms with Crippen molar-refractivity contribution in [2.24, 2.45) is 0 Å². The molecule has 1 N–H and O–H groups in total. The van der Waals surface area contributed by atoms with Crippen molar-refractivity contribution in [3.8, 4) is 5.75 Å². The average Bonchev–Trinajstić information content (AvgIpc) is 2.41. The fourth-order valence-electron chi connectivity index (χ4n) is 2.15. The summed E-state index contributed by atoms with van der Waals surface area (Å²) in [6.07, 6.45) is 2.79. The van der Waals surface area contributed by atoms with Gasteiger partial charge in [-0.15, -0.1) is 0 Å². The summed E-state index contributed by atoms with van der Waals surface area (Å²) in [4.78, 5) is 0. The van der Waals surface area contributed by atoms with Crippen LogP contribution in [-0.4, -0.2) is 25.9 Å². The lowest BCUT2D eigenvalue weighted by molar-refractivity contribution is 0.0453. The van der Waals surface area contributed by atoms with Crippen LogP contribution in [0, 0.1) is 0 Å². The van der Waals surface area contributed by atoms with Crippen molar-refractivity contribution in [3.05, 3.63) is 29.8 Å². The highest BCUT2D eigenvalue weighted by Crippen LogP contribution is 2.19. The van der Waals surface area contributed by atoms with Crippen molar-refractivity contribution < 1.29 is 9.47 Å². The maximum Gasteiger partial charge on any atom is 0.119 e. The van der Waals surface area contributed by atoms with Crippen LogP contribution < -0.4 is 10.1 Å². The minimum Gasteiger partial charge on any atom is -0.491 e. The van der Waals surface area contributed by atoms with Crippen molar-refractivity contribution in [2.45, 2.75) is 58.8 Å². The molecule has 0 aliphatic heterocycles. The molecule has 0 spiro atoms. The summed E-state index contributed by atoms with van der Waals surface area (Å²) in [5, 5.41) is 3.31. The van der Waals surface area contributed by atoms with Crippen molar-refractivity contribution in [3.63, 3.8) is 0 Å². The first-order valence-corrected chi connectivity index (χ1v) is 7.62. The van der Waals surface area contributed by atoms with E-state index < -0.39 is 0 Å². The normalized spacial score (nSPS) is 14.3. The molecule has 0 aliphatic rings. The summed E-state index contributed by atoms with van der Waals surface area (Å²) in [7, 11) is 1.97. The molecule has 0 radical (unpaired) electrons. The lowest BCUT2D eigenvalue weighted by Crippen LogP contribution is -2.24. The second kappa shape index (κ2) is 8.98. The Hall–Kier alpha value is -1.06. The van der Waals surface area contributed by atoms with Gasteiger partial charge in [-0.1, -0.05) is 25.5 Å². The van der Waals surface area contributed by atoms with Crippen LogP contribution in [0.3, 0.4) is 0 Å². The molecule has 1 aromatic carbocycles. The maximum absolute atomic E-state index is 5.89. The molecule has 1 rings (SSSR count). The molecular formula is C17H29NO2. The number of ether oxygens (including phenoxy) is 2. The van der Waals surface area contributed by atoms with Gasteiger partial charge in [0.1, 0.15) is 5.75 Å². The van der Waals surface area contributed by atoms with Gasteiger partial charge in [0.2, 0.25) is 0 Å². The fraction of sp³-hybridized carbons (Fsp3) is 0.647. The zero-order valence-electron chi connectivity index (χ0n) is 13.5. The Kier molecular flexibility index (Phi) is 7.63. The van der Waals surface area contributed by atoms with E-state index in [1.165, 1.54) is 5.56 Å². The summed E-state index contributed by atoms with van der Waals surface area (Å²) in [5.41, 5.74) is 1.23. The highest BCUT2D eigenvalue weighted by Gasteiger charge is 2.11. The topological polar surface area (TPSA) is 30.5 Å². The van der Waals surface area contributed by atoms with Crippen LogP contribution in [-0.2, 0) is 4.74 Å². The van der Waals surface area contributed by atoms with E-state index in [0.29, 0.717) is 12.7 Å². The predicted molar refractivity (Wildman–Crippen MR) is 84.3 cm³/mol. The average molecular weight is 279 g/mol. The minimum atomic E-state index is 0.208. The molecule has 1 aromatic rings. The highest BCUT2D eigenvalue weighted by atomic mass is 16.5. The highest BCUT2D eigenvalue weighted by molar-refractivity contribution is 5.29. The van der Waals surface area contributed by atoms with Crippen LogP contribution in [0.4, 0.5) is 0 Å². The van der Waals surface area contributed by atoms with Crippen molar-refractivity contribution in [2.75, 3.05) is 13.7 Å². The molecule has 3 heteroatoms. The molecule has 0 fully saturated rings. The van der Waals surface area contributed by atoms with Gasteiger partial charge in [-0.3, -0.25) is 0 Å². The number of nitrogens with one attached hydrogen (secondary N) is 1. The molecule has 0 amide bonds. The standard InChI is InChI=1S/C17H29NO2/c1-6-7-14(4)19-12-17(18-5)15-8-10-16(11-9-15)20-13(2)3/h8-11,13-14,17-18H,6-7,12H2,1-5H3. The van der Waals surface area contributed by atoms with Crippen LogP contribution in [0.25, 0.3) is 0 Å². The third kappa shape index (κ3) is 5.93. The maximum atomic E-state index is 5.89. The summed E-state index contributed by atoms with van der Waals surface area (Å²) in [6, 6.07) is 8.48. The molecular weight excluding hydrogens is 250 g/mol. The molecule has 0 bridgehead atoms. The monoisotopic (exact) mass is 279 g/mol. The zero-order chi connectivity index (χ0) is 15.0. The van der Waals surface area contributed by atoms with Crippen LogP contribution in [0.2, 0.25) is 0 Å². The Labute approximate surface area is 123 Å². The number of hydrogen-bond acceptors (Lipinski definition) is 3. The summed E-state index contributed by atoms with van der Waals surface area (Å²) in [6.45, 7) is 9.08. The molecule has 2 unspecified atom stereocenters. The number of likely N-dealkylation sites (N-methyl/N-ethyl adjacent to an activating group) is 1. The van der Waals surface area contributed by atoms with Gasteiger partial charge >= 0.3 is 0 Å². The lowest BCUT2D eigenvalue weighted by atomic mass is 10.1. The molecule has 3 nitrogen and oxygen atoms in total. The first-order valence-electron chi connectivity index (χ1n) is 7.62. The largest absolute Gasteiger partial charge is 0.491 e. The third-order valence-corrected chi connectivity index (χ3v) is 3.25. The number of hydrogen-bond donors (Lipinski definition) is 1. The van der Waals surface area contributed by atoms with Crippen LogP contribution in [0.5, 0.6) is 5.75 Å². The van der Waals surface area contributed by atoms with Gasteiger partial charge in [-0.2, -0.15) is 0 Å². The summed E-state index contributed by atoms with van der Waals surface area (Å²) >= 11 is 0. The zero-order valence-corrected chi connectivity index (χ0v) is 13.5. The van der Waals surface area contributed by atoms with Gasteiger partial charge in [-0.25, -0.2) is 0 Å². The van der Waals surface area contributed by atoms with Crippen molar-refractivity contribution in [1.29, 1.82) is 0 Å². The molecule has 0 aromatic heterocycles. The fourth-order valence-corrected chi connectivity index (χ4v) is 2.15. The van der Waals surface area contributed by atoms with E-state index in [9.17, 15) is 0 Å². The van der Waals surface area contributed by atoms with E-state index in [0.717, 1.165) is 18.6 Å². The lowest BCUT2D eigenvalue weighted by Gasteiger charge is -2.20. The van der Waals surface area contributed by atoms with Gasteiger partial charge in [0.05, 0.1) is 24.9 Å². The van der Waals surface area contributed by atoms with E-state index in [2.05, 4.69) is 31.3 Å². The van der Waals surface area contributed by atoms with Crippen molar-refractivity contribution in [1.82, 2.24) is 5.32 Å². The Morgan fingerprint density at radius 3 is 2.25 bits per heavy atom.